The van der Waals surface area contributed by atoms with E-state index in [0.717, 1.165) is 38.8 Å². The molecule has 1 saturated heterocycles. The van der Waals surface area contributed by atoms with E-state index in [9.17, 15) is 9.90 Å². The standard InChI is InChI=1S/C13H25N3O2/c14-12(17)9-16(11-3-1-2-4-11)10-13(18)5-7-15-8-6-13/h11,15,18H,1-10H2,(H2,14,17). The van der Waals surface area contributed by atoms with Crippen LogP contribution in [-0.4, -0.2) is 53.7 Å². The van der Waals surface area contributed by atoms with Gasteiger partial charge in [-0.05, 0) is 38.8 Å². The molecule has 18 heavy (non-hydrogen) atoms. The van der Waals surface area contributed by atoms with Crippen molar-refractivity contribution in [1.82, 2.24) is 10.2 Å². The molecule has 1 heterocycles. The minimum Gasteiger partial charge on any atom is -0.388 e. The normalized spacial score (nSPS) is 24.6. The summed E-state index contributed by atoms with van der Waals surface area (Å²) in [6, 6.07) is 0.427. The van der Waals surface area contributed by atoms with Crippen molar-refractivity contribution >= 4 is 5.91 Å². The molecule has 0 radical (unpaired) electrons. The van der Waals surface area contributed by atoms with Gasteiger partial charge in [0.2, 0.25) is 5.91 Å². The Morgan fingerprint density at radius 1 is 1.33 bits per heavy atom. The zero-order chi connectivity index (χ0) is 13.0. The molecule has 4 N–H and O–H groups in total. The van der Waals surface area contributed by atoms with Crippen LogP contribution in [0.2, 0.25) is 0 Å². The van der Waals surface area contributed by atoms with E-state index in [0.29, 0.717) is 12.6 Å². The molecular weight excluding hydrogens is 230 g/mol. The lowest BCUT2D eigenvalue weighted by molar-refractivity contribution is -0.121. The molecule has 2 fully saturated rings. The molecule has 2 rings (SSSR count). The molecule has 1 aliphatic heterocycles. The van der Waals surface area contributed by atoms with Gasteiger partial charge in [-0.15, -0.1) is 0 Å². The van der Waals surface area contributed by atoms with E-state index in [1.807, 2.05) is 0 Å². The van der Waals surface area contributed by atoms with Crippen LogP contribution < -0.4 is 11.1 Å². The third kappa shape index (κ3) is 3.67. The Labute approximate surface area is 109 Å². The second-order valence-corrected chi connectivity index (χ2v) is 5.78. The van der Waals surface area contributed by atoms with Gasteiger partial charge in [0.25, 0.3) is 0 Å². The number of carbonyl (C=O) groups is 1. The fourth-order valence-electron chi connectivity index (χ4n) is 3.21. The van der Waals surface area contributed by atoms with Gasteiger partial charge in [-0.3, -0.25) is 9.69 Å². The van der Waals surface area contributed by atoms with Crippen molar-refractivity contribution in [2.45, 2.75) is 50.2 Å². The van der Waals surface area contributed by atoms with E-state index in [4.69, 9.17) is 5.73 Å². The van der Waals surface area contributed by atoms with Gasteiger partial charge in [0.05, 0.1) is 12.1 Å². The second-order valence-electron chi connectivity index (χ2n) is 5.78. The van der Waals surface area contributed by atoms with Crippen LogP contribution in [0.1, 0.15) is 38.5 Å². The molecule has 5 nitrogen and oxygen atoms in total. The molecule has 0 unspecified atom stereocenters. The number of hydrogen-bond acceptors (Lipinski definition) is 4. The zero-order valence-electron chi connectivity index (χ0n) is 11.0. The summed E-state index contributed by atoms with van der Waals surface area (Å²) in [6.45, 7) is 2.57. The summed E-state index contributed by atoms with van der Waals surface area (Å²) in [5.41, 5.74) is 4.69. The van der Waals surface area contributed by atoms with Crippen molar-refractivity contribution in [3.8, 4) is 0 Å². The first-order valence-electron chi connectivity index (χ1n) is 7.04. The van der Waals surface area contributed by atoms with Crippen molar-refractivity contribution in [2.24, 2.45) is 5.73 Å². The molecule has 5 heteroatoms. The molecule has 0 aromatic rings. The van der Waals surface area contributed by atoms with Crippen LogP contribution in [0, 0.1) is 0 Å². The first-order valence-corrected chi connectivity index (χ1v) is 7.04. The van der Waals surface area contributed by atoms with Crippen LogP contribution >= 0.6 is 0 Å². The Morgan fingerprint density at radius 3 is 2.50 bits per heavy atom. The van der Waals surface area contributed by atoms with Crippen molar-refractivity contribution in [3.63, 3.8) is 0 Å². The van der Waals surface area contributed by atoms with Gasteiger partial charge in [0, 0.05) is 12.6 Å². The van der Waals surface area contributed by atoms with E-state index >= 15 is 0 Å². The maximum Gasteiger partial charge on any atom is 0.231 e. The van der Waals surface area contributed by atoms with E-state index < -0.39 is 5.60 Å². The molecule has 0 bridgehead atoms. The van der Waals surface area contributed by atoms with E-state index in [1.54, 1.807) is 0 Å². The third-order valence-electron chi connectivity index (χ3n) is 4.23. The van der Waals surface area contributed by atoms with E-state index in [1.165, 1.54) is 12.8 Å². The summed E-state index contributed by atoms with van der Waals surface area (Å²) in [7, 11) is 0. The SMILES string of the molecule is NC(=O)CN(CC1(O)CCNCC1)C1CCCC1. The van der Waals surface area contributed by atoms with Gasteiger partial charge in [0.15, 0.2) is 0 Å². The van der Waals surface area contributed by atoms with Gasteiger partial charge in [-0.2, -0.15) is 0 Å². The van der Waals surface area contributed by atoms with Crippen molar-refractivity contribution in [2.75, 3.05) is 26.2 Å². The molecule has 1 saturated carbocycles. The van der Waals surface area contributed by atoms with Crippen molar-refractivity contribution < 1.29 is 9.90 Å². The summed E-state index contributed by atoms with van der Waals surface area (Å²) in [4.78, 5) is 13.3. The van der Waals surface area contributed by atoms with Crippen LogP contribution in [0.4, 0.5) is 0 Å². The molecule has 1 amide bonds. The number of hydrogen-bond donors (Lipinski definition) is 3. The largest absolute Gasteiger partial charge is 0.388 e. The van der Waals surface area contributed by atoms with Crippen LogP contribution in [0.3, 0.4) is 0 Å². The predicted molar refractivity (Wildman–Crippen MR) is 70.1 cm³/mol. The average Bonchev–Trinajstić information content (AvgIpc) is 2.81. The molecular formula is C13H25N3O2. The summed E-state index contributed by atoms with van der Waals surface area (Å²) in [6.07, 6.45) is 6.22. The van der Waals surface area contributed by atoms with Gasteiger partial charge < -0.3 is 16.2 Å². The van der Waals surface area contributed by atoms with Crippen LogP contribution in [0.25, 0.3) is 0 Å². The molecule has 0 spiro atoms. The van der Waals surface area contributed by atoms with Gasteiger partial charge in [0.1, 0.15) is 0 Å². The third-order valence-corrected chi connectivity index (χ3v) is 4.23. The summed E-state index contributed by atoms with van der Waals surface area (Å²) >= 11 is 0. The average molecular weight is 255 g/mol. The zero-order valence-corrected chi connectivity index (χ0v) is 11.0. The lowest BCUT2D eigenvalue weighted by Gasteiger charge is -2.39. The summed E-state index contributed by atoms with van der Waals surface area (Å²) in [5.74, 6) is -0.292. The quantitative estimate of drug-likeness (QED) is 0.637. The van der Waals surface area contributed by atoms with Crippen molar-refractivity contribution in [3.05, 3.63) is 0 Å². The van der Waals surface area contributed by atoms with Crippen LogP contribution in [-0.2, 0) is 4.79 Å². The number of nitrogens with two attached hydrogens (primary N) is 1. The lowest BCUT2D eigenvalue weighted by atomic mass is 9.91. The fraction of sp³-hybridized carbons (Fsp3) is 0.923. The molecule has 0 atom stereocenters. The number of rotatable bonds is 5. The van der Waals surface area contributed by atoms with Crippen molar-refractivity contribution in [1.29, 1.82) is 0 Å². The first kappa shape index (κ1) is 13.8. The Morgan fingerprint density at radius 2 is 1.94 bits per heavy atom. The van der Waals surface area contributed by atoms with Crippen LogP contribution in [0.15, 0.2) is 0 Å². The maximum absolute atomic E-state index is 11.2. The topological polar surface area (TPSA) is 78.6 Å². The highest BCUT2D eigenvalue weighted by molar-refractivity contribution is 5.76. The van der Waals surface area contributed by atoms with Gasteiger partial charge in [-0.25, -0.2) is 0 Å². The fourth-order valence-corrected chi connectivity index (χ4v) is 3.21. The number of carbonyl (C=O) groups excluding carboxylic acids is 1. The predicted octanol–water partition coefficient (Wildman–Crippen LogP) is -0.169. The number of aliphatic hydroxyl groups is 1. The van der Waals surface area contributed by atoms with Crippen LogP contribution in [0.5, 0.6) is 0 Å². The molecule has 2 aliphatic rings. The smallest absolute Gasteiger partial charge is 0.231 e. The number of nitrogens with zero attached hydrogens (tertiary/aromatic N) is 1. The minimum atomic E-state index is -0.650. The summed E-state index contributed by atoms with van der Waals surface area (Å²) < 4.78 is 0. The van der Waals surface area contributed by atoms with Gasteiger partial charge in [-0.1, -0.05) is 12.8 Å². The highest BCUT2D eigenvalue weighted by Gasteiger charge is 2.34. The van der Waals surface area contributed by atoms with E-state index in [2.05, 4.69) is 10.2 Å². The van der Waals surface area contributed by atoms with Gasteiger partial charge >= 0.3 is 0 Å². The Hall–Kier alpha value is -0.650. The number of nitrogens with one attached hydrogen (secondary N) is 1. The Balaban J connectivity index is 1.96. The number of amides is 1. The Bertz CT molecular complexity index is 284. The van der Waals surface area contributed by atoms with E-state index in [-0.39, 0.29) is 12.5 Å². The molecule has 0 aromatic carbocycles. The highest BCUT2D eigenvalue weighted by Crippen LogP contribution is 2.27. The summed E-state index contributed by atoms with van der Waals surface area (Å²) in [5, 5.41) is 13.8. The minimum absolute atomic E-state index is 0.278. The maximum atomic E-state index is 11.2. The number of piperidine rings is 1. The molecule has 1 aliphatic carbocycles. The second kappa shape index (κ2) is 5.99. The molecule has 0 aromatic heterocycles. The highest BCUT2D eigenvalue weighted by atomic mass is 16.3. The first-order chi connectivity index (χ1) is 8.59. The Kier molecular flexibility index (Phi) is 4.59. The monoisotopic (exact) mass is 255 g/mol. The lowest BCUT2D eigenvalue weighted by Crippen LogP contribution is -2.53. The molecule has 104 valence electrons. The number of primary amides is 1.